The van der Waals surface area contributed by atoms with Crippen LogP contribution in [0.2, 0.25) is 0 Å². The van der Waals surface area contributed by atoms with E-state index in [1.54, 1.807) is 12.3 Å². The Morgan fingerprint density at radius 3 is 2.81 bits per heavy atom. The number of rotatable bonds is 2. The van der Waals surface area contributed by atoms with Crippen molar-refractivity contribution in [3.8, 4) is 0 Å². The van der Waals surface area contributed by atoms with Gasteiger partial charge >= 0.3 is 0 Å². The molecule has 1 heterocycles. The molecule has 4 heteroatoms. The Bertz CT molecular complexity index is 560. The predicted molar refractivity (Wildman–Crippen MR) is 63.2 cm³/mol. The smallest absolute Gasteiger partial charge is 0.267 e. The Labute approximate surface area is 93.3 Å². The summed E-state index contributed by atoms with van der Waals surface area (Å²) in [6.45, 7) is 2.25. The van der Waals surface area contributed by atoms with Gasteiger partial charge in [0.15, 0.2) is 0 Å². The summed E-state index contributed by atoms with van der Waals surface area (Å²) in [4.78, 5) is 11.6. The third-order valence-electron chi connectivity index (χ3n) is 2.38. The first kappa shape index (κ1) is 10.4. The number of nitrogens with two attached hydrogens (primary N) is 1. The zero-order chi connectivity index (χ0) is 11.5. The number of hydrogen-bond donors (Lipinski definition) is 1. The number of para-hydroxylation sites is 1. The van der Waals surface area contributed by atoms with Crippen LogP contribution in [0.3, 0.4) is 0 Å². The van der Waals surface area contributed by atoms with Gasteiger partial charge in [-0.2, -0.15) is 5.10 Å². The molecule has 0 unspecified atom stereocenters. The lowest BCUT2D eigenvalue weighted by molar-refractivity contribution is 0.637. The van der Waals surface area contributed by atoms with Crippen LogP contribution < -0.4 is 11.3 Å². The van der Waals surface area contributed by atoms with Crippen molar-refractivity contribution in [1.82, 2.24) is 9.78 Å². The summed E-state index contributed by atoms with van der Waals surface area (Å²) in [5, 5.41) is 4.06. The summed E-state index contributed by atoms with van der Waals surface area (Å²) in [6, 6.07) is 9.03. The number of anilines is 1. The summed E-state index contributed by atoms with van der Waals surface area (Å²) in [6.07, 6.45) is 1.67. The molecule has 2 N–H and O–H groups in total. The Balaban J connectivity index is 2.35. The topological polar surface area (TPSA) is 60.9 Å². The van der Waals surface area contributed by atoms with E-state index < -0.39 is 0 Å². The second-order valence-electron chi connectivity index (χ2n) is 3.73. The number of aryl methyl sites for hydroxylation is 1. The quantitative estimate of drug-likeness (QED) is 0.765. The Morgan fingerprint density at radius 2 is 2.12 bits per heavy atom. The number of nitrogen functional groups attached to an aromatic ring is 1. The molecule has 4 nitrogen and oxygen atoms in total. The van der Waals surface area contributed by atoms with Crippen LogP contribution in [-0.2, 0) is 6.54 Å². The summed E-state index contributed by atoms with van der Waals surface area (Å²) >= 11 is 0. The normalized spacial score (nSPS) is 10.3. The van der Waals surface area contributed by atoms with Crippen LogP contribution in [0.5, 0.6) is 0 Å². The molecule has 0 spiro atoms. The monoisotopic (exact) mass is 215 g/mol. The van der Waals surface area contributed by atoms with Crippen LogP contribution in [0.15, 0.2) is 41.3 Å². The van der Waals surface area contributed by atoms with Crippen LogP contribution >= 0.6 is 0 Å². The van der Waals surface area contributed by atoms with Crippen molar-refractivity contribution in [2.75, 3.05) is 5.73 Å². The zero-order valence-electron chi connectivity index (χ0n) is 9.05. The lowest BCUT2D eigenvalue weighted by atomic mass is 10.2. The third kappa shape index (κ3) is 2.11. The second-order valence-corrected chi connectivity index (χ2v) is 3.73. The highest BCUT2D eigenvalue weighted by molar-refractivity contribution is 5.46. The molecule has 0 saturated carbocycles. The molecule has 0 aliphatic rings. The van der Waals surface area contributed by atoms with Crippen molar-refractivity contribution >= 4 is 5.69 Å². The maximum atomic E-state index is 11.6. The minimum Gasteiger partial charge on any atom is -0.398 e. The van der Waals surface area contributed by atoms with Gasteiger partial charge in [0, 0.05) is 11.8 Å². The molecular formula is C12H13N3O. The standard InChI is InChI=1S/C12H13N3O/c1-9-6-12(16)15(14-7-9)8-10-4-2-3-5-11(10)13/h2-7H,8,13H2,1H3. The summed E-state index contributed by atoms with van der Waals surface area (Å²) in [5.41, 5.74) is 8.14. The minimum absolute atomic E-state index is 0.108. The van der Waals surface area contributed by atoms with E-state index in [2.05, 4.69) is 5.10 Å². The van der Waals surface area contributed by atoms with Crippen molar-refractivity contribution in [2.24, 2.45) is 0 Å². The van der Waals surface area contributed by atoms with Crippen molar-refractivity contribution in [2.45, 2.75) is 13.5 Å². The molecule has 0 aliphatic carbocycles. The van der Waals surface area contributed by atoms with Gasteiger partial charge in [-0.25, -0.2) is 4.68 Å². The summed E-state index contributed by atoms with van der Waals surface area (Å²) in [7, 11) is 0. The first-order chi connectivity index (χ1) is 7.66. The van der Waals surface area contributed by atoms with Crippen LogP contribution in [-0.4, -0.2) is 9.78 Å². The highest BCUT2D eigenvalue weighted by atomic mass is 16.1. The third-order valence-corrected chi connectivity index (χ3v) is 2.38. The van der Waals surface area contributed by atoms with Crippen LogP contribution in [0.4, 0.5) is 5.69 Å². The lowest BCUT2D eigenvalue weighted by Gasteiger charge is -2.06. The van der Waals surface area contributed by atoms with E-state index in [9.17, 15) is 4.79 Å². The fraction of sp³-hybridized carbons (Fsp3) is 0.167. The number of nitrogens with zero attached hydrogens (tertiary/aromatic N) is 2. The van der Waals surface area contributed by atoms with Crippen molar-refractivity contribution in [3.05, 3.63) is 58.0 Å². The predicted octanol–water partition coefficient (Wildman–Crippen LogP) is 1.18. The van der Waals surface area contributed by atoms with E-state index in [4.69, 9.17) is 5.73 Å². The van der Waals surface area contributed by atoms with E-state index in [-0.39, 0.29) is 5.56 Å². The average Bonchev–Trinajstić information content (AvgIpc) is 2.25. The lowest BCUT2D eigenvalue weighted by Crippen LogP contribution is -2.23. The van der Waals surface area contributed by atoms with E-state index in [0.717, 1.165) is 11.1 Å². The Kier molecular flexibility index (Phi) is 2.72. The van der Waals surface area contributed by atoms with Crippen molar-refractivity contribution in [1.29, 1.82) is 0 Å². The highest BCUT2D eigenvalue weighted by Crippen LogP contribution is 2.10. The van der Waals surface area contributed by atoms with Crippen LogP contribution in [0, 0.1) is 6.92 Å². The molecule has 2 rings (SSSR count). The first-order valence-corrected chi connectivity index (χ1v) is 5.04. The highest BCUT2D eigenvalue weighted by Gasteiger charge is 2.02. The summed E-state index contributed by atoms with van der Waals surface area (Å²) in [5.74, 6) is 0. The number of aromatic nitrogens is 2. The summed E-state index contributed by atoms with van der Waals surface area (Å²) < 4.78 is 1.40. The van der Waals surface area contributed by atoms with Crippen LogP contribution in [0.1, 0.15) is 11.1 Å². The second kappa shape index (κ2) is 4.18. The van der Waals surface area contributed by atoms with Crippen molar-refractivity contribution in [3.63, 3.8) is 0 Å². The average molecular weight is 215 g/mol. The molecule has 2 aromatic rings. The fourth-order valence-electron chi connectivity index (χ4n) is 1.48. The van der Waals surface area contributed by atoms with Crippen LogP contribution in [0.25, 0.3) is 0 Å². The molecular weight excluding hydrogens is 202 g/mol. The van der Waals surface area contributed by atoms with Gasteiger partial charge in [0.05, 0.1) is 12.7 Å². The molecule has 1 aromatic heterocycles. The maximum Gasteiger partial charge on any atom is 0.267 e. The minimum atomic E-state index is -0.108. The van der Waals surface area contributed by atoms with Gasteiger partial charge in [0.1, 0.15) is 0 Å². The largest absolute Gasteiger partial charge is 0.398 e. The van der Waals surface area contributed by atoms with Gasteiger partial charge in [0.25, 0.3) is 5.56 Å². The molecule has 82 valence electrons. The zero-order valence-corrected chi connectivity index (χ0v) is 9.05. The fourth-order valence-corrected chi connectivity index (χ4v) is 1.48. The van der Waals surface area contributed by atoms with Gasteiger partial charge in [-0.3, -0.25) is 4.79 Å². The maximum absolute atomic E-state index is 11.6. The molecule has 0 amide bonds. The molecule has 0 saturated heterocycles. The van der Waals surface area contributed by atoms with Gasteiger partial charge in [0.2, 0.25) is 0 Å². The molecule has 0 aliphatic heterocycles. The molecule has 0 atom stereocenters. The number of hydrogen-bond acceptors (Lipinski definition) is 3. The van der Waals surface area contributed by atoms with Crippen molar-refractivity contribution < 1.29 is 0 Å². The molecule has 0 radical (unpaired) electrons. The Morgan fingerprint density at radius 1 is 1.38 bits per heavy atom. The molecule has 16 heavy (non-hydrogen) atoms. The SMILES string of the molecule is Cc1cnn(Cc2ccccc2N)c(=O)c1. The van der Waals surface area contributed by atoms with Gasteiger partial charge in [-0.05, 0) is 24.1 Å². The van der Waals surface area contributed by atoms with Gasteiger partial charge in [-0.15, -0.1) is 0 Å². The van der Waals surface area contributed by atoms with Gasteiger partial charge in [-0.1, -0.05) is 18.2 Å². The molecule has 0 bridgehead atoms. The molecule has 0 fully saturated rings. The Hall–Kier alpha value is -2.10. The molecule has 1 aromatic carbocycles. The van der Waals surface area contributed by atoms with E-state index in [1.807, 2.05) is 31.2 Å². The van der Waals surface area contributed by atoms with E-state index in [0.29, 0.717) is 12.2 Å². The van der Waals surface area contributed by atoms with Gasteiger partial charge < -0.3 is 5.73 Å². The number of benzene rings is 1. The van der Waals surface area contributed by atoms with E-state index >= 15 is 0 Å². The first-order valence-electron chi connectivity index (χ1n) is 5.04. The van der Waals surface area contributed by atoms with E-state index in [1.165, 1.54) is 4.68 Å².